The molecule has 0 N–H and O–H groups in total. The summed E-state index contributed by atoms with van der Waals surface area (Å²) < 4.78 is 57.5. The molecule has 0 saturated carbocycles. The van der Waals surface area contributed by atoms with Crippen LogP contribution in [0, 0.1) is 0 Å². The fourth-order valence-electron chi connectivity index (χ4n) is 0.823. The van der Waals surface area contributed by atoms with Crippen LogP contribution in [-0.4, -0.2) is 25.5 Å². The molecule has 0 spiro atoms. The third kappa shape index (κ3) is 1.99. The van der Waals surface area contributed by atoms with Gasteiger partial charge in [-0.05, 0) is 12.2 Å². The zero-order valence-corrected chi connectivity index (χ0v) is 7.72. The molecule has 4 nitrogen and oxygen atoms in total. The summed E-state index contributed by atoms with van der Waals surface area (Å²) in [5.41, 5.74) is -5.58. The first-order valence-corrected chi connectivity index (χ1v) is 4.94. The summed E-state index contributed by atoms with van der Waals surface area (Å²) in [6.07, 6.45) is 1.34. The van der Waals surface area contributed by atoms with E-state index in [0.29, 0.717) is 12.2 Å². The molecule has 1 rings (SSSR count). The van der Waals surface area contributed by atoms with E-state index in [1.165, 1.54) is 0 Å². The number of carbonyl (C=O) groups is 2. The van der Waals surface area contributed by atoms with Crippen LogP contribution in [0.1, 0.15) is 0 Å². The maximum atomic E-state index is 12.0. The average Bonchev–Trinajstić information content (AvgIpc) is 2.07. The molecule has 0 aromatic rings. The van der Waals surface area contributed by atoms with Crippen LogP contribution in [0.5, 0.6) is 0 Å². The maximum absolute atomic E-state index is 12.0. The molecular formula is C7H3F3O4S. The second-order valence-electron chi connectivity index (χ2n) is 2.56. The van der Waals surface area contributed by atoms with E-state index in [9.17, 15) is 31.2 Å². The first-order chi connectivity index (χ1) is 6.66. The Kier molecular flexibility index (Phi) is 2.56. The molecule has 1 aliphatic carbocycles. The molecule has 0 atom stereocenters. The quantitative estimate of drug-likeness (QED) is 0.626. The van der Waals surface area contributed by atoms with E-state index in [1.807, 2.05) is 0 Å². The SMILES string of the molecule is O=C1C=CC(=O)C(S(=O)(=O)C(F)(F)F)=C1. The number of hydrogen-bond acceptors (Lipinski definition) is 4. The van der Waals surface area contributed by atoms with Gasteiger partial charge >= 0.3 is 5.51 Å². The number of hydrogen-bond donors (Lipinski definition) is 0. The van der Waals surface area contributed by atoms with Crippen molar-refractivity contribution in [3.05, 3.63) is 23.1 Å². The summed E-state index contributed by atoms with van der Waals surface area (Å²) in [6, 6.07) is 0. The van der Waals surface area contributed by atoms with Crippen LogP contribution >= 0.6 is 0 Å². The highest BCUT2D eigenvalue weighted by Crippen LogP contribution is 2.30. The van der Waals surface area contributed by atoms with Gasteiger partial charge in [0, 0.05) is 6.08 Å². The average molecular weight is 240 g/mol. The van der Waals surface area contributed by atoms with Crippen molar-refractivity contribution in [3.63, 3.8) is 0 Å². The van der Waals surface area contributed by atoms with Gasteiger partial charge in [-0.15, -0.1) is 0 Å². The van der Waals surface area contributed by atoms with E-state index in [1.54, 1.807) is 0 Å². The van der Waals surface area contributed by atoms with E-state index in [4.69, 9.17) is 0 Å². The van der Waals surface area contributed by atoms with Crippen molar-refractivity contribution >= 4 is 21.4 Å². The molecule has 82 valence electrons. The van der Waals surface area contributed by atoms with E-state index in [-0.39, 0.29) is 6.08 Å². The highest BCUT2D eigenvalue weighted by molar-refractivity contribution is 7.97. The second-order valence-corrected chi connectivity index (χ2v) is 4.47. The fourth-order valence-corrected chi connectivity index (χ4v) is 1.68. The first kappa shape index (κ1) is 11.6. The van der Waals surface area contributed by atoms with Crippen molar-refractivity contribution in [1.82, 2.24) is 0 Å². The van der Waals surface area contributed by atoms with Gasteiger partial charge in [-0.2, -0.15) is 13.2 Å². The van der Waals surface area contributed by atoms with Crippen molar-refractivity contribution in [2.75, 3.05) is 0 Å². The molecule has 0 radical (unpaired) electrons. The maximum Gasteiger partial charge on any atom is 0.502 e. The van der Waals surface area contributed by atoms with Crippen molar-refractivity contribution in [2.45, 2.75) is 5.51 Å². The van der Waals surface area contributed by atoms with Crippen LogP contribution in [-0.2, 0) is 19.4 Å². The normalized spacial score (nSPS) is 17.9. The Bertz CT molecular complexity index is 481. The van der Waals surface area contributed by atoms with Crippen LogP contribution in [0.3, 0.4) is 0 Å². The van der Waals surface area contributed by atoms with Gasteiger partial charge < -0.3 is 0 Å². The largest absolute Gasteiger partial charge is 0.502 e. The minimum atomic E-state index is -5.74. The molecule has 0 bridgehead atoms. The molecule has 0 heterocycles. The van der Waals surface area contributed by atoms with Crippen LogP contribution in [0.15, 0.2) is 23.1 Å². The Hall–Kier alpha value is -1.44. The summed E-state index contributed by atoms with van der Waals surface area (Å²) >= 11 is 0. The second kappa shape index (κ2) is 3.30. The molecule has 8 heteroatoms. The van der Waals surface area contributed by atoms with Gasteiger partial charge in [0.15, 0.2) is 11.6 Å². The van der Waals surface area contributed by atoms with E-state index >= 15 is 0 Å². The number of carbonyl (C=O) groups excluding carboxylic acids is 2. The number of ketones is 2. The molecule has 0 aromatic heterocycles. The predicted molar refractivity (Wildman–Crippen MR) is 42.2 cm³/mol. The summed E-state index contributed by atoms with van der Waals surface area (Å²) in [5, 5.41) is 0. The molecule has 0 saturated heterocycles. The molecule has 0 aliphatic heterocycles. The zero-order chi connectivity index (χ0) is 11.9. The lowest BCUT2D eigenvalue weighted by atomic mass is 10.2. The monoisotopic (exact) mass is 240 g/mol. The van der Waals surface area contributed by atoms with Crippen LogP contribution in [0.25, 0.3) is 0 Å². The zero-order valence-electron chi connectivity index (χ0n) is 6.91. The topological polar surface area (TPSA) is 68.3 Å². The number of rotatable bonds is 1. The molecule has 1 aliphatic rings. The minimum absolute atomic E-state index is 0.158. The molecule has 0 unspecified atom stereocenters. The van der Waals surface area contributed by atoms with Crippen molar-refractivity contribution < 1.29 is 31.2 Å². The summed E-state index contributed by atoms with van der Waals surface area (Å²) in [7, 11) is -5.74. The predicted octanol–water partition coefficient (Wildman–Crippen LogP) is 0.513. The Balaban J connectivity index is 3.32. The molecule has 0 fully saturated rings. The number of halogens is 3. The summed E-state index contributed by atoms with van der Waals surface area (Å²) in [5.74, 6) is -2.33. The number of allylic oxidation sites excluding steroid dienone is 4. The molecular weight excluding hydrogens is 237 g/mol. The van der Waals surface area contributed by atoms with Gasteiger partial charge in [-0.25, -0.2) is 8.42 Å². The van der Waals surface area contributed by atoms with Gasteiger partial charge in [0.1, 0.15) is 4.91 Å². The number of sulfone groups is 1. The van der Waals surface area contributed by atoms with E-state index in [0.717, 1.165) is 0 Å². The third-order valence-corrected chi connectivity index (χ3v) is 3.02. The standard InChI is InChI=1S/C7H3F3O4S/c8-7(9,10)15(13,14)6-3-4(11)1-2-5(6)12/h1-3H. The van der Waals surface area contributed by atoms with Gasteiger partial charge in [0.25, 0.3) is 9.84 Å². The van der Waals surface area contributed by atoms with Gasteiger partial charge in [-0.1, -0.05) is 0 Å². The van der Waals surface area contributed by atoms with Crippen molar-refractivity contribution in [2.24, 2.45) is 0 Å². The lowest BCUT2D eigenvalue weighted by Crippen LogP contribution is -2.29. The van der Waals surface area contributed by atoms with Crippen LogP contribution in [0.2, 0.25) is 0 Å². The highest BCUT2D eigenvalue weighted by atomic mass is 32.2. The molecule has 15 heavy (non-hydrogen) atoms. The van der Waals surface area contributed by atoms with E-state index in [2.05, 4.69) is 0 Å². The third-order valence-electron chi connectivity index (χ3n) is 1.51. The Labute approximate surface area is 82.0 Å². The summed E-state index contributed by atoms with van der Waals surface area (Å²) in [4.78, 5) is 20.0. The van der Waals surface area contributed by atoms with Crippen molar-refractivity contribution in [3.8, 4) is 0 Å². The molecule has 0 amide bonds. The van der Waals surface area contributed by atoms with Crippen LogP contribution in [0.4, 0.5) is 13.2 Å². The Morgan fingerprint density at radius 3 is 2.07 bits per heavy atom. The minimum Gasteiger partial charge on any atom is -0.290 e. The van der Waals surface area contributed by atoms with Crippen molar-refractivity contribution in [1.29, 1.82) is 0 Å². The number of alkyl halides is 3. The van der Waals surface area contributed by atoms with Gasteiger partial charge in [0.2, 0.25) is 0 Å². The molecule has 0 aromatic carbocycles. The van der Waals surface area contributed by atoms with Gasteiger partial charge in [0.05, 0.1) is 0 Å². The van der Waals surface area contributed by atoms with Gasteiger partial charge in [-0.3, -0.25) is 9.59 Å². The first-order valence-electron chi connectivity index (χ1n) is 3.45. The lowest BCUT2D eigenvalue weighted by molar-refractivity contribution is -0.114. The lowest BCUT2D eigenvalue weighted by Gasteiger charge is -2.10. The highest BCUT2D eigenvalue weighted by Gasteiger charge is 2.50. The fraction of sp³-hybridized carbons (Fsp3) is 0.143. The summed E-state index contributed by atoms with van der Waals surface area (Å²) in [6.45, 7) is 0. The van der Waals surface area contributed by atoms with Crippen LogP contribution < -0.4 is 0 Å². The Morgan fingerprint density at radius 2 is 1.60 bits per heavy atom. The smallest absolute Gasteiger partial charge is 0.290 e. The Morgan fingerprint density at radius 1 is 1.07 bits per heavy atom. The van der Waals surface area contributed by atoms with E-state index < -0.39 is 31.8 Å².